The first-order valence-corrected chi connectivity index (χ1v) is 5.49. The van der Waals surface area contributed by atoms with Crippen molar-refractivity contribution in [2.45, 2.75) is 58.3 Å². The molecular weight excluding hydrogens is 144 g/mol. The molecule has 1 rings (SSSR count). The number of hydrogen-bond acceptors (Lipinski definition) is 0. The van der Waals surface area contributed by atoms with Crippen molar-refractivity contribution < 1.29 is 0 Å². The first-order chi connectivity index (χ1) is 5.83. The third-order valence-corrected chi connectivity index (χ3v) is 3.03. The van der Waals surface area contributed by atoms with Gasteiger partial charge in [0.25, 0.3) is 0 Å². The summed E-state index contributed by atoms with van der Waals surface area (Å²) in [4.78, 5) is 0. The molecule has 0 N–H and O–H groups in total. The Labute approximate surface area is 77.1 Å². The molecule has 0 aromatic rings. The van der Waals surface area contributed by atoms with E-state index in [1.807, 2.05) is 0 Å². The van der Waals surface area contributed by atoms with Crippen LogP contribution in [0, 0.1) is 5.92 Å². The van der Waals surface area contributed by atoms with Gasteiger partial charge < -0.3 is 0 Å². The van der Waals surface area contributed by atoms with Gasteiger partial charge in [0.2, 0.25) is 0 Å². The van der Waals surface area contributed by atoms with Crippen LogP contribution >= 0.6 is 0 Å². The average molecular weight is 166 g/mol. The van der Waals surface area contributed by atoms with Crippen molar-refractivity contribution in [3.05, 3.63) is 12.2 Å². The number of allylic oxidation sites excluding steroid dienone is 1. The van der Waals surface area contributed by atoms with Gasteiger partial charge in [0, 0.05) is 0 Å². The average Bonchev–Trinajstić information content (AvgIpc) is 2.09. The van der Waals surface area contributed by atoms with Crippen LogP contribution in [-0.4, -0.2) is 0 Å². The lowest BCUT2D eigenvalue weighted by atomic mass is 9.83. The Morgan fingerprint density at radius 1 is 1.25 bits per heavy atom. The topological polar surface area (TPSA) is 0 Å². The van der Waals surface area contributed by atoms with Gasteiger partial charge in [0.1, 0.15) is 0 Å². The van der Waals surface area contributed by atoms with Gasteiger partial charge in [-0.1, -0.05) is 44.8 Å². The summed E-state index contributed by atoms with van der Waals surface area (Å²) >= 11 is 0. The van der Waals surface area contributed by atoms with Gasteiger partial charge in [0.05, 0.1) is 0 Å². The van der Waals surface area contributed by atoms with E-state index in [-0.39, 0.29) is 0 Å². The number of hydrogen-bond donors (Lipinski definition) is 0. The summed E-state index contributed by atoms with van der Waals surface area (Å²) in [5.74, 6) is 1.03. The Kier molecular flexibility index (Phi) is 4.42. The molecule has 0 nitrogen and oxygen atoms in total. The van der Waals surface area contributed by atoms with Crippen molar-refractivity contribution in [1.82, 2.24) is 0 Å². The second-order valence-electron chi connectivity index (χ2n) is 4.19. The highest BCUT2D eigenvalue weighted by Crippen LogP contribution is 2.30. The maximum Gasteiger partial charge on any atom is -0.0320 e. The Balaban J connectivity index is 2.05. The first-order valence-electron chi connectivity index (χ1n) is 5.49. The van der Waals surface area contributed by atoms with Crippen LogP contribution in [0.2, 0.25) is 0 Å². The van der Waals surface area contributed by atoms with Crippen LogP contribution in [0.5, 0.6) is 0 Å². The summed E-state index contributed by atoms with van der Waals surface area (Å²) in [6, 6.07) is 0. The fourth-order valence-corrected chi connectivity index (χ4v) is 2.06. The molecule has 0 amide bonds. The maximum absolute atomic E-state index is 4.05. The van der Waals surface area contributed by atoms with Crippen LogP contribution in [0.15, 0.2) is 12.2 Å². The van der Waals surface area contributed by atoms with E-state index >= 15 is 0 Å². The van der Waals surface area contributed by atoms with E-state index in [2.05, 4.69) is 13.5 Å². The van der Waals surface area contributed by atoms with Crippen LogP contribution in [0.1, 0.15) is 58.3 Å². The zero-order chi connectivity index (χ0) is 8.81. The van der Waals surface area contributed by atoms with Crippen LogP contribution in [0.3, 0.4) is 0 Å². The molecule has 0 heterocycles. The minimum Gasteiger partial charge on any atom is -0.0999 e. The van der Waals surface area contributed by atoms with Gasteiger partial charge in [-0.15, -0.1) is 0 Å². The minimum atomic E-state index is 1.03. The molecule has 0 aromatic heterocycles. The van der Waals surface area contributed by atoms with Crippen LogP contribution in [0.4, 0.5) is 0 Å². The smallest absolute Gasteiger partial charge is 0.0320 e. The molecule has 0 unspecified atom stereocenters. The number of unbranched alkanes of at least 4 members (excludes halogenated alkanes) is 2. The third kappa shape index (κ3) is 3.42. The first kappa shape index (κ1) is 9.83. The van der Waals surface area contributed by atoms with Crippen LogP contribution in [-0.2, 0) is 0 Å². The van der Waals surface area contributed by atoms with Gasteiger partial charge in [0.15, 0.2) is 0 Å². The fraction of sp³-hybridized carbons (Fsp3) is 0.833. The van der Waals surface area contributed by atoms with Gasteiger partial charge >= 0.3 is 0 Å². The molecule has 0 atom stereocenters. The highest BCUT2D eigenvalue weighted by molar-refractivity contribution is 4.98. The summed E-state index contributed by atoms with van der Waals surface area (Å²) in [5.41, 5.74) is 1.49. The third-order valence-electron chi connectivity index (χ3n) is 3.03. The Morgan fingerprint density at radius 2 is 1.92 bits per heavy atom. The molecule has 0 aliphatic heterocycles. The molecule has 1 saturated carbocycles. The largest absolute Gasteiger partial charge is 0.0999 e. The van der Waals surface area contributed by atoms with E-state index < -0.39 is 0 Å². The van der Waals surface area contributed by atoms with E-state index in [1.54, 1.807) is 0 Å². The van der Waals surface area contributed by atoms with Crippen molar-refractivity contribution in [2.75, 3.05) is 0 Å². The maximum atomic E-state index is 4.05. The molecule has 12 heavy (non-hydrogen) atoms. The van der Waals surface area contributed by atoms with E-state index in [0.29, 0.717) is 0 Å². The Morgan fingerprint density at radius 3 is 2.50 bits per heavy atom. The highest BCUT2D eigenvalue weighted by atomic mass is 14.2. The summed E-state index contributed by atoms with van der Waals surface area (Å²) < 4.78 is 0. The van der Waals surface area contributed by atoms with E-state index in [4.69, 9.17) is 0 Å². The molecule has 1 fully saturated rings. The lowest BCUT2D eigenvalue weighted by Crippen LogP contribution is -2.07. The second-order valence-corrected chi connectivity index (χ2v) is 4.19. The summed E-state index contributed by atoms with van der Waals surface area (Å²) in [7, 11) is 0. The normalized spacial score (nSPS) is 19.9. The lowest BCUT2D eigenvalue weighted by molar-refractivity contribution is 0.370. The van der Waals surface area contributed by atoms with Crippen molar-refractivity contribution >= 4 is 0 Å². The standard InChI is InChI=1S/C12H22/c1-3-4-5-6-12-9-7-11(2)8-10-12/h12H,2-10H2,1H3. The second kappa shape index (κ2) is 5.40. The Bertz CT molecular complexity index is 125. The molecule has 1 aliphatic rings. The Hall–Kier alpha value is -0.260. The SMILES string of the molecule is C=C1CCC(CCCCC)CC1. The number of rotatable bonds is 4. The van der Waals surface area contributed by atoms with Crippen molar-refractivity contribution in [3.63, 3.8) is 0 Å². The molecule has 70 valence electrons. The van der Waals surface area contributed by atoms with Crippen molar-refractivity contribution in [2.24, 2.45) is 5.92 Å². The summed E-state index contributed by atoms with van der Waals surface area (Å²) in [5, 5.41) is 0. The van der Waals surface area contributed by atoms with Crippen LogP contribution in [0.25, 0.3) is 0 Å². The van der Waals surface area contributed by atoms with Gasteiger partial charge in [-0.3, -0.25) is 0 Å². The molecule has 0 bridgehead atoms. The molecule has 0 saturated heterocycles. The minimum absolute atomic E-state index is 1.03. The molecule has 0 radical (unpaired) electrons. The zero-order valence-corrected chi connectivity index (χ0v) is 8.44. The van der Waals surface area contributed by atoms with E-state index in [1.165, 1.54) is 56.9 Å². The van der Waals surface area contributed by atoms with Gasteiger partial charge in [-0.05, 0) is 31.6 Å². The molecule has 0 aromatic carbocycles. The predicted octanol–water partition coefficient (Wildman–Crippen LogP) is 4.31. The molecule has 0 heteroatoms. The quantitative estimate of drug-likeness (QED) is 0.431. The van der Waals surface area contributed by atoms with Gasteiger partial charge in [-0.2, -0.15) is 0 Å². The van der Waals surface area contributed by atoms with Crippen molar-refractivity contribution in [3.8, 4) is 0 Å². The van der Waals surface area contributed by atoms with Gasteiger partial charge in [-0.25, -0.2) is 0 Å². The van der Waals surface area contributed by atoms with E-state index in [9.17, 15) is 0 Å². The predicted molar refractivity (Wildman–Crippen MR) is 55.2 cm³/mol. The zero-order valence-electron chi connectivity index (χ0n) is 8.44. The fourth-order valence-electron chi connectivity index (χ4n) is 2.06. The summed E-state index contributed by atoms with van der Waals surface area (Å²) in [6.07, 6.45) is 11.2. The summed E-state index contributed by atoms with van der Waals surface area (Å²) in [6.45, 7) is 6.33. The molecular formula is C12H22. The van der Waals surface area contributed by atoms with Crippen molar-refractivity contribution in [1.29, 1.82) is 0 Å². The molecule has 0 spiro atoms. The molecule has 1 aliphatic carbocycles. The van der Waals surface area contributed by atoms with Crippen LogP contribution < -0.4 is 0 Å². The van der Waals surface area contributed by atoms with E-state index in [0.717, 1.165) is 5.92 Å². The highest BCUT2D eigenvalue weighted by Gasteiger charge is 2.14. The lowest BCUT2D eigenvalue weighted by Gasteiger charge is -2.22. The monoisotopic (exact) mass is 166 g/mol.